The highest BCUT2D eigenvalue weighted by atomic mass is 19.1. The maximum Gasteiger partial charge on any atom is 0.243 e. The van der Waals surface area contributed by atoms with Crippen LogP contribution in [0.3, 0.4) is 0 Å². The zero-order valence-corrected chi connectivity index (χ0v) is 19.1. The first-order valence-electron chi connectivity index (χ1n) is 10.8. The number of hydrogen-bond acceptors (Lipinski definition) is 8. The fourth-order valence-corrected chi connectivity index (χ4v) is 3.96. The van der Waals surface area contributed by atoms with Gasteiger partial charge in [-0.1, -0.05) is 6.58 Å². The third-order valence-corrected chi connectivity index (χ3v) is 5.78. The molecule has 3 heterocycles. The molecule has 2 atom stereocenters. The molecule has 11 heteroatoms. The second-order valence-corrected chi connectivity index (χ2v) is 7.91. The highest BCUT2D eigenvalue weighted by Gasteiger charge is 2.30. The topological polar surface area (TPSA) is 113 Å². The summed E-state index contributed by atoms with van der Waals surface area (Å²) >= 11 is 0. The Morgan fingerprint density at radius 3 is 2.60 bits per heavy atom. The number of rotatable bonds is 8. The predicted molar refractivity (Wildman–Crippen MR) is 119 cm³/mol. The van der Waals surface area contributed by atoms with Crippen LogP contribution in [0.4, 0.5) is 8.78 Å². The van der Waals surface area contributed by atoms with E-state index in [0.29, 0.717) is 31.9 Å². The van der Waals surface area contributed by atoms with Crippen molar-refractivity contribution in [3.05, 3.63) is 59.8 Å². The number of methoxy groups -OCH3 is 2. The van der Waals surface area contributed by atoms with Gasteiger partial charge in [0, 0.05) is 37.1 Å². The van der Waals surface area contributed by atoms with Crippen LogP contribution < -0.4 is 14.8 Å². The molecule has 0 bridgehead atoms. The predicted octanol–water partition coefficient (Wildman–Crippen LogP) is 3.00. The molecule has 0 aliphatic carbocycles. The highest BCUT2D eigenvalue weighted by molar-refractivity contribution is 6.09. The summed E-state index contributed by atoms with van der Waals surface area (Å²) in [5.74, 6) is -4.32. The van der Waals surface area contributed by atoms with Gasteiger partial charge in [-0.05, 0) is 12.5 Å². The number of benzene rings is 1. The van der Waals surface area contributed by atoms with Crippen molar-refractivity contribution in [2.45, 2.75) is 18.9 Å². The van der Waals surface area contributed by atoms with Gasteiger partial charge < -0.3 is 23.9 Å². The van der Waals surface area contributed by atoms with E-state index in [1.807, 2.05) is 0 Å². The Morgan fingerprint density at radius 2 is 1.94 bits per heavy atom. The maximum absolute atomic E-state index is 14.8. The summed E-state index contributed by atoms with van der Waals surface area (Å²) in [5.41, 5.74) is -0.407. The summed E-state index contributed by atoms with van der Waals surface area (Å²) < 4.78 is 50.3. The smallest absolute Gasteiger partial charge is 0.243 e. The highest BCUT2D eigenvalue weighted by Crippen LogP contribution is 2.33. The lowest BCUT2D eigenvalue weighted by molar-refractivity contribution is -0.118. The van der Waals surface area contributed by atoms with Crippen LogP contribution in [0.2, 0.25) is 0 Å². The zero-order valence-electron chi connectivity index (χ0n) is 19.1. The van der Waals surface area contributed by atoms with Gasteiger partial charge in [0.25, 0.3) is 0 Å². The van der Waals surface area contributed by atoms with E-state index in [4.69, 9.17) is 18.6 Å². The van der Waals surface area contributed by atoms with Crippen LogP contribution in [0.15, 0.2) is 35.4 Å². The van der Waals surface area contributed by atoms with Crippen LogP contribution in [0.25, 0.3) is 11.1 Å². The lowest BCUT2D eigenvalue weighted by atomic mass is 9.92. The van der Waals surface area contributed by atoms with Gasteiger partial charge in [0.1, 0.15) is 16.9 Å². The first kappa shape index (κ1) is 24.3. The number of hydrogen-bond donors (Lipinski definition) is 1. The third kappa shape index (κ3) is 4.85. The molecule has 3 aromatic rings. The Balaban J connectivity index is 1.62. The Morgan fingerprint density at radius 1 is 1.23 bits per heavy atom. The van der Waals surface area contributed by atoms with E-state index in [-0.39, 0.29) is 46.2 Å². The third-order valence-electron chi connectivity index (χ3n) is 5.78. The van der Waals surface area contributed by atoms with Crippen LogP contribution >= 0.6 is 0 Å². The Kier molecular flexibility index (Phi) is 7.06. The van der Waals surface area contributed by atoms with Gasteiger partial charge >= 0.3 is 0 Å². The molecule has 9 nitrogen and oxygen atoms in total. The van der Waals surface area contributed by atoms with Gasteiger partial charge in [-0.3, -0.25) is 9.59 Å². The molecule has 1 aliphatic heterocycles. The van der Waals surface area contributed by atoms with Crippen LogP contribution in [0.5, 0.6) is 11.5 Å². The van der Waals surface area contributed by atoms with E-state index in [1.54, 1.807) is 0 Å². The SMILES string of the molecule is C=CC(=O)N[C@H]1CCOC[C@H]1Cc1ncc2oc(C(=O)c3c(F)c(OC)cc(OC)c3F)cc2n1. The Hall–Kier alpha value is -3.86. The van der Waals surface area contributed by atoms with Gasteiger partial charge in [-0.25, -0.2) is 18.7 Å². The number of nitrogens with one attached hydrogen (secondary N) is 1. The van der Waals surface area contributed by atoms with Gasteiger partial charge in [-0.15, -0.1) is 0 Å². The van der Waals surface area contributed by atoms with E-state index in [2.05, 4.69) is 21.9 Å². The molecular weight excluding hydrogens is 464 g/mol. The van der Waals surface area contributed by atoms with Crippen molar-refractivity contribution < 1.29 is 37.0 Å². The van der Waals surface area contributed by atoms with Crippen LogP contribution in [0, 0.1) is 17.6 Å². The van der Waals surface area contributed by atoms with Crippen molar-refractivity contribution >= 4 is 22.8 Å². The van der Waals surface area contributed by atoms with Gasteiger partial charge in [0.15, 0.2) is 34.5 Å². The molecule has 0 spiro atoms. The molecule has 0 radical (unpaired) electrons. The number of carbonyl (C=O) groups is 2. The molecule has 0 saturated carbocycles. The molecule has 2 aromatic heterocycles. The minimum atomic E-state index is -1.17. The summed E-state index contributed by atoms with van der Waals surface area (Å²) in [4.78, 5) is 33.4. The quantitative estimate of drug-likeness (QED) is 0.381. The van der Waals surface area contributed by atoms with Crippen molar-refractivity contribution in [1.29, 1.82) is 0 Å². The van der Waals surface area contributed by atoms with Crippen molar-refractivity contribution in [2.24, 2.45) is 5.92 Å². The fourth-order valence-electron chi connectivity index (χ4n) is 3.96. The first-order chi connectivity index (χ1) is 16.9. The van der Waals surface area contributed by atoms with Crippen molar-refractivity contribution in [2.75, 3.05) is 27.4 Å². The van der Waals surface area contributed by atoms with E-state index in [9.17, 15) is 18.4 Å². The lowest BCUT2D eigenvalue weighted by Gasteiger charge is -2.31. The molecule has 1 fully saturated rings. The van der Waals surface area contributed by atoms with E-state index >= 15 is 0 Å². The average Bonchev–Trinajstić information content (AvgIpc) is 3.29. The average molecular weight is 487 g/mol. The second kappa shape index (κ2) is 10.2. The van der Waals surface area contributed by atoms with E-state index in [1.165, 1.54) is 32.6 Å². The Bertz CT molecular complexity index is 1260. The maximum atomic E-state index is 14.8. The zero-order chi connectivity index (χ0) is 25.1. The number of ketones is 1. The minimum absolute atomic E-state index is 0.0782. The van der Waals surface area contributed by atoms with Gasteiger partial charge in [0.05, 0.1) is 27.0 Å². The summed E-state index contributed by atoms with van der Waals surface area (Å²) in [6.07, 6.45) is 3.62. The minimum Gasteiger partial charge on any atom is -0.494 e. The number of nitrogens with zero attached hydrogens (tertiary/aromatic N) is 2. The number of furan rings is 1. The number of fused-ring (bicyclic) bond motifs is 1. The van der Waals surface area contributed by atoms with Crippen molar-refractivity contribution in [3.8, 4) is 11.5 Å². The number of ether oxygens (including phenoxy) is 3. The van der Waals surface area contributed by atoms with Crippen LogP contribution in [0.1, 0.15) is 28.4 Å². The summed E-state index contributed by atoms with van der Waals surface area (Å²) in [6.45, 7) is 4.40. The lowest BCUT2D eigenvalue weighted by Crippen LogP contribution is -2.45. The largest absolute Gasteiger partial charge is 0.494 e. The molecule has 35 heavy (non-hydrogen) atoms. The first-order valence-corrected chi connectivity index (χ1v) is 10.8. The van der Waals surface area contributed by atoms with Gasteiger partial charge in [-0.2, -0.15) is 0 Å². The number of carbonyl (C=O) groups excluding carboxylic acids is 2. The molecule has 1 saturated heterocycles. The summed E-state index contributed by atoms with van der Waals surface area (Å²) in [7, 11) is 2.38. The Labute approximate surface area is 199 Å². The molecule has 1 aromatic carbocycles. The van der Waals surface area contributed by atoms with Crippen molar-refractivity contribution in [1.82, 2.24) is 15.3 Å². The number of aromatic nitrogens is 2. The van der Waals surface area contributed by atoms with Gasteiger partial charge in [0.2, 0.25) is 11.7 Å². The van der Waals surface area contributed by atoms with E-state index in [0.717, 1.165) is 6.07 Å². The number of amides is 1. The molecule has 1 aliphatic rings. The van der Waals surface area contributed by atoms with Crippen molar-refractivity contribution in [3.63, 3.8) is 0 Å². The standard InChI is InChI=1S/C24H23F2N3O6/c1-4-20(30)29-13-5-6-34-11-12(13)7-19-27-10-18-14(28-19)8-17(35-18)24(31)21-22(25)15(32-2)9-16(33-3)23(21)26/h4,8-10,12-13H,1,5-7,11H2,2-3H3,(H,29,30)/t12-,13+/m1/s1. The monoisotopic (exact) mass is 487 g/mol. The molecule has 1 N–H and O–H groups in total. The second-order valence-electron chi connectivity index (χ2n) is 7.91. The van der Waals surface area contributed by atoms with Crippen LogP contribution in [-0.4, -0.2) is 55.1 Å². The molecule has 0 unspecified atom stereocenters. The fraction of sp³-hybridized carbons (Fsp3) is 0.333. The normalized spacial score (nSPS) is 17.7. The number of halogens is 2. The van der Waals surface area contributed by atoms with Crippen LogP contribution in [-0.2, 0) is 16.0 Å². The summed E-state index contributed by atoms with van der Waals surface area (Å²) in [6, 6.07) is 2.17. The van der Waals surface area contributed by atoms with E-state index < -0.39 is 23.0 Å². The molecule has 1 amide bonds. The molecule has 184 valence electrons. The molecule has 4 rings (SSSR count). The summed E-state index contributed by atoms with van der Waals surface area (Å²) in [5, 5.41) is 2.90. The molecular formula is C24H23F2N3O6.